The Balaban J connectivity index is 1.70. The highest BCUT2D eigenvalue weighted by Crippen LogP contribution is 2.40. The zero-order valence-electron chi connectivity index (χ0n) is 16.9. The van der Waals surface area contributed by atoms with E-state index in [9.17, 15) is 4.79 Å². The van der Waals surface area contributed by atoms with Crippen molar-refractivity contribution in [1.29, 1.82) is 0 Å². The highest BCUT2D eigenvalue weighted by atomic mass is 32.1. The molecule has 0 radical (unpaired) electrons. The highest BCUT2D eigenvalue weighted by molar-refractivity contribution is 7.80. The fourth-order valence-corrected chi connectivity index (χ4v) is 4.11. The molecule has 1 saturated heterocycles. The molecular weight excluding hydrogens is 398 g/mol. The fourth-order valence-electron chi connectivity index (χ4n) is 3.78. The summed E-state index contributed by atoms with van der Waals surface area (Å²) in [5.41, 5.74) is 2.21. The molecule has 6 nitrogen and oxygen atoms in total. The van der Waals surface area contributed by atoms with Crippen LogP contribution in [0.1, 0.15) is 47.2 Å². The van der Waals surface area contributed by atoms with Gasteiger partial charge in [0.2, 0.25) is 0 Å². The van der Waals surface area contributed by atoms with Gasteiger partial charge in [-0.2, -0.15) is 0 Å². The van der Waals surface area contributed by atoms with E-state index in [1.807, 2.05) is 42.5 Å². The summed E-state index contributed by atoms with van der Waals surface area (Å²) in [7, 11) is 1.37. The van der Waals surface area contributed by atoms with Crippen LogP contribution in [0.4, 0.5) is 0 Å². The maximum absolute atomic E-state index is 11.9. The van der Waals surface area contributed by atoms with Crippen LogP contribution in [0.3, 0.4) is 0 Å². The highest BCUT2D eigenvalue weighted by Gasteiger charge is 2.41. The number of methoxy groups -OCH3 is 1. The van der Waals surface area contributed by atoms with Crippen LogP contribution in [0.15, 0.2) is 65.2 Å². The number of hydrogen-bond acceptors (Lipinski definition) is 5. The van der Waals surface area contributed by atoms with Crippen LogP contribution in [0, 0.1) is 0 Å². The van der Waals surface area contributed by atoms with E-state index in [1.165, 1.54) is 7.11 Å². The number of benzene rings is 1. The predicted octanol–water partition coefficient (Wildman–Crippen LogP) is 4.51. The van der Waals surface area contributed by atoms with Crippen LogP contribution in [0.2, 0.25) is 0 Å². The summed E-state index contributed by atoms with van der Waals surface area (Å²) >= 11 is 5.61. The number of pyridine rings is 1. The number of carbonyl (C=O) groups is 1. The monoisotopic (exact) mass is 421 g/mol. The molecule has 0 saturated carbocycles. The number of carbonyl (C=O) groups excluding carboxylic acids is 1. The first-order valence-electron chi connectivity index (χ1n) is 9.89. The zero-order chi connectivity index (χ0) is 21.1. The van der Waals surface area contributed by atoms with Gasteiger partial charge in [-0.1, -0.05) is 25.1 Å². The van der Waals surface area contributed by atoms with E-state index < -0.39 is 0 Å². The zero-order valence-corrected chi connectivity index (χ0v) is 17.7. The standard InChI is InChI=1S/C23H23N3O3S/c1-3-13-26-21(20(25-23(26)30)17-9-4-5-12-24-17)19-11-10-18(29-19)15-7-6-8-16(14-15)22(27)28-2/h4-12,14,20-21H,3,13H2,1-2H3,(H,25,30). The lowest BCUT2D eigenvalue weighted by atomic mass is 10.0. The second-order valence-electron chi connectivity index (χ2n) is 7.09. The van der Waals surface area contributed by atoms with Crippen molar-refractivity contribution in [2.75, 3.05) is 13.7 Å². The SMILES string of the molecule is CCCN1C(=S)NC(c2ccccn2)C1c1ccc(-c2cccc(C(=O)OC)c2)o1. The molecule has 2 atom stereocenters. The van der Waals surface area contributed by atoms with E-state index in [4.69, 9.17) is 21.4 Å². The summed E-state index contributed by atoms with van der Waals surface area (Å²) in [6.07, 6.45) is 2.74. The van der Waals surface area contributed by atoms with Crippen LogP contribution >= 0.6 is 12.2 Å². The summed E-state index contributed by atoms with van der Waals surface area (Å²) in [5, 5.41) is 4.11. The minimum atomic E-state index is -0.377. The van der Waals surface area contributed by atoms with Gasteiger partial charge in [0.1, 0.15) is 17.6 Å². The van der Waals surface area contributed by atoms with E-state index in [1.54, 1.807) is 18.3 Å². The van der Waals surface area contributed by atoms with Crippen molar-refractivity contribution in [2.24, 2.45) is 0 Å². The summed E-state index contributed by atoms with van der Waals surface area (Å²) < 4.78 is 11.1. The molecule has 3 aromatic rings. The van der Waals surface area contributed by atoms with Gasteiger partial charge in [-0.15, -0.1) is 0 Å². The Labute approximate surface area is 180 Å². The molecule has 0 aliphatic carbocycles. The molecule has 4 rings (SSSR count). The first-order valence-corrected chi connectivity index (χ1v) is 10.3. The Hall–Kier alpha value is -3.19. The van der Waals surface area contributed by atoms with E-state index in [0.717, 1.165) is 30.0 Å². The third-order valence-electron chi connectivity index (χ3n) is 5.15. The van der Waals surface area contributed by atoms with Crippen molar-refractivity contribution in [3.63, 3.8) is 0 Å². The van der Waals surface area contributed by atoms with E-state index in [0.29, 0.717) is 16.4 Å². The maximum Gasteiger partial charge on any atom is 0.337 e. The Morgan fingerprint density at radius 2 is 2.10 bits per heavy atom. The molecule has 7 heteroatoms. The van der Waals surface area contributed by atoms with Gasteiger partial charge in [-0.05, 0) is 55.0 Å². The molecule has 0 spiro atoms. The molecule has 30 heavy (non-hydrogen) atoms. The van der Waals surface area contributed by atoms with Gasteiger partial charge in [-0.25, -0.2) is 4.79 Å². The number of thiocarbonyl (C=S) groups is 1. The quantitative estimate of drug-likeness (QED) is 0.464. The fraction of sp³-hybridized carbons (Fsp3) is 0.261. The smallest absolute Gasteiger partial charge is 0.337 e. The van der Waals surface area contributed by atoms with Crippen molar-refractivity contribution in [1.82, 2.24) is 15.2 Å². The lowest BCUT2D eigenvalue weighted by Crippen LogP contribution is -2.30. The Bertz CT molecular complexity index is 1050. The lowest BCUT2D eigenvalue weighted by Gasteiger charge is -2.25. The largest absolute Gasteiger partial charge is 0.465 e. The summed E-state index contributed by atoms with van der Waals surface area (Å²) in [6, 6.07) is 16.8. The van der Waals surface area contributed by atoms with Gasteiger partial charge in [-0.3, -0.25) is 4.98 Å². The third-order valence-corrected chi connectivity index (χ3v) is 5.50. The summed E-state index contributed by atoms with van der Waals surface area (Å²) in [6.45, 7) is 2.94. The van der Waals surface area contributed by atoms with Crippen LogP contribution < -0.4 is 5.32 Å². The number of aromatic nitrogens is 1. The molecule has 1 aliphatic heterocycles. The Morgan fingerprint density at radius 1 is 1.23 bits per heavy atom. The number of hydrogen-bond donors (Lipinski definition) is 1. The van der Waals surface area contributed by atoms with Crippen molar-refractivity contribution >= 4 is 23.3 Å². The topological polar surface area (TPSA) is 67.6 Å². The van der Waals surface area contributed by atoms with Gasteiger partial charge < -0.3 is 19.4 Å². The Morgan fingerprint density at radius 3 is 2.83 bits per heavy atom. The molecule has 0 bridgehead atoms. The number of nitrogens with one attached hydrogen (secondary N) is 1. The van der Waals surface area contributed by atoms with Crippen LogP contribution in [0.5, 0.6) is 0 Å². The van der Waals surface area contributed by atoms with Crippen molar-refractivity contribution in [3.8, 4) is 11.3 Å². The first kappa shape index (κ1) is 20.1. The predicted molar refractivity (Wildman–Crippen MR) is 118 cm³/mol. The molecule has 1 aromatic carbocycles. The number of nitrogens with zero attached hydrogens (tertiary/aromatic N) is 2. The normalized spacial score (nSPS) is 18.3. The maximum atomic E-state index is 11.9. The number of esters is 1. The molecule has 1 aliphatic rings. The van der Waals surface area contributed by atoms with Crippen LogP contribution in [-0.4, -0.2) is 34.6 Å². The molecule has 1 N–H and O–H groups in total. The van der Waals surface area contributed by atoms with Crippen molar-refractivity contribution in [2.45, 2.75) is 25.4 Å². The number of rotatable bonds is 6. The Kier molecular flexibility index (Phi) is 5.81. The molecule has 3 heterocycles. The third kappa shape index (κ3) is 3.80. The molecule has 0 amide bonds. The van der Waals surface area contributed by atoms with Gasteiger partial charge in [0.15, 0.2) is 5.11 Å². The van der Waals surface area contributed by atoms with Crippen molar-refractivity contribution < 1.29 is 13.9 Å². The van der Waals surface area contributed by atoms with Gasteiger partial charge in [0.05, 0.1) is 24.4 Å². The van der Waals surface area contributed by atoms with Crippen LogP contribution in [0.25, 0.3) is 11.3 Å². The second kappa shape index (κ2) is 8.67. The minimum absolute atomic E-state index is 0.106. The van der Waals surface area contributed by atoms with E-state index >= 15 is 0 Å². The lowest BCUT2D eigenvalue weighted by molar-refractivity contribution is 0.0601. The second-order valence-corrected chi connectivity index (χ2v) is 7.48. The summed E-state index contributed by atoms with van der Waals surface area (Å²) in [4.78, 5) is 18.6. The average molecular weight is 422 g/mol. The van der Waals surface area contributed by atoms with Gasteiger partial charge in [0.25, 0.3) is 0 Å². The summed E-state index contributed by atoms with van der Waals surface area (Å²) in [5.74, 6) is 1.10. The van der Waals surface area contributed by atoms with E-state index in [2.05, 4.69) is 22.1 Å². The van der Waals surface area contributed by atoms with Crippen LogP contribution in [-0.2, 0) is 4.74 Å². The van der Waals surface area contributed by atoms with Gasteiger partial charge in [0, 0.05) is 18.3 Å². The molecule has 2 aromatic heterocycles. The first-order chi connectivity index (χ1) is 14.6. The molecule has 2 unspecified atom stereocenters. The minimum Gasteiger partial charge on any atom is -0.465 e. The average Bonchev–Trinajstić information content (AvgIpc) is 3.39. The molecular formula is C23H23N3O3S. The number of ether oxygens (including phenoxy) is 1. The molecule has 154 valence electrons. The van der Waals surface area contributed by atoms with Gasteiger partial charge >= 0.3 is 5.97 Å². The van der Waals surface area contributed by atoms with E-state index in [-0.39, 0.29) is 18.1 Å². The molecule has 1 fully saturated rings. The number of furan rings is 1. The van der Waals surface area contributed by atoms with Crippen molar-refractivity contribution in [3.05, 3.63) is 77.8 Å².